The highest BCUT2D eigenvalue weighted by Crippen LogP contribution is 2.21. The fraction of sp³-hybridized carbons (Fsp3) is 0. The minimum absolute atomic E-state index is 0.0691. The Morgan fingerprint density at radius 2 is 2.29 bits per heavy atom. The van der Waals surface area contributed by atoms with Crippen molar-refractivity contribution in [1.29, 1.82) is 5.26 Å². The summed E-state index contributed by atoms with van der Waals surface area (Å²) in [5.74, 6) is -0.423. The van der Waals surface area contributed by atoms with Gasteiger partial charge in [-0.1, -0.05) is 0 Å². The van der Waals surface area contributed by atoms with Gasteiger partial charge < -0.3 is 4.42 Å². The normalized spacial score (nSPS) is 9.71. The first-order chi connectivity index (χ1) is 6.81. The molecule has 0 unspecified atom stereocenters. The van der Waals surface area contributed by atoms with Crippen LogP contribution in [0.2, 0.25) is 0 Å². The number of halogens is 1. The van der Waals surface area contributed by atoms with Gasteiger partial charge in [0.2, 0.25) is 12.3 Å². The number of hydrogen-bond acceptors (Lipinski definition) is 4. The van der Waals surface area contributed by atoms with Crippen molar-refractivity contribution in [3.8, 4) is 17.5 Å². The van der Waals surface area contributed by atoms with Gasteiger partial charge >= 0.3 is 0 Å². The summed E-state index contributed by atoms with van der Waals surface area (Å²) in [6, 6.07) is 5.84. The van der Waals surface area contributed by atoms with Crippen LogP contribution < -0.4 is 0 Å². The summed E-state index contributed by atoms with van der Waals surface area (Å²) in [7, 11) is 0. The average molecular weight is 189 g/mol. The highest BCUT2D eigenvalue weighted by molar-refractivity contribution is 5.56. The Morgan fingerprint density at radius 1 is 1.43 bits per heavy atom. The largest absolute Gasteiger partial charge is 0.423 e. The van der Waals surface area contributed by atoms with Crippen LogP contribution in [0.15, 0.2) is 29.0 Å². The standard InChI is InChI=1S/C9H4FN3O/c10-8-2-1-6(4-11)3-7(8)9-13-12-5-14-9/h1-3,5H. The molecule has 1 aromatic heterocycles. The molecule has 0 bridgehead atoms. The molecule has 0 N–H and O–H groups in total. The number of aromatic nitrogens is 2. The Morgan fingerprint density at radius 3 is 2.93 bits per heavy atom. The second-order valence-electron chi connectivity index (χ2n) is 2.55. The van der Waals surface area contributed by atoms with Crippen molar-refractivity contribution in [2.24, 2.45) is 0 Å². The Kier molecular flexibility index (Phi) is 1.95. The zero-order valence-corrected chi connectivity index (χ0v) is 6.94. The first kappa shape index (κ1) is 8.38. The fourth-order valence-corrected chi connectivity index (χ4v) is 1.05. The monoisotopic (exact) mass is 189 g/mol. The van der Waals surface area contributed by atoms with Gasteiger partial charge in [0, 0.05) is 0 Å². The van der Waals surface area contributed by atoms with Crippen molar-refractivity contribution in [2.45, 2.75) is 0 Å². The van der Waals surface area contributed by atoms with Gasteiger partial charge in [-0.2, -0.15) is 5.26 Å². The lowest BCUT2D eigenvalue weighted by atomic mass is 10.1. The third kappa shape index (κ3) is 1.33. The van der Waals surface area contributed by atoms with Gasteiger partial charge in [-0.3, -0.25) is 0 Å². The Hall–Kier alpha value is -2.22. The van der Waals surface area contributed by atoms with Crippen molar-refractivity contribution in [1.82, 2.24) is 10.2 Å². The molecule has 0 radical (unpaired) electrons. The van der Waals surface area contributed by atoms with E-state index in [1.807, 2.05) is 6.07 Å². The molecule has 0 aliphatic rings. The second kappa shape index (κ2) is 3.26. The van der Waals surface area contributed by atoms with Crippen molar-refractivity contribution in [3.05, 3.63) is 36.0 Å². The molecule has 0 amide bonds. The van der Waals surface area contributed by atoms with Gasteiger partial charge in [-0.05, 0) is 18.2 Å². The van der Waals surface area contributed by atoms with Gasteiger partial charge in [-0.25, -0.2) is 4.39 Å². The maximum atomic E-state index is 13.2. The van der Waals surface area contributed by atoms with E-state index in [1.165, 1.54) is 18.2 Å². The summed E-state index contributed by atoms with van der Waals surface area (Å²) in [5.41, 5.74) is 0.487. The molecule has 5 heteroatoms. The van der Waals surface area contributed by atoms with E-state index in [1.54, 1.807) is 0 Å². The summed E-state index contributed by atoms with van der Waals surface area (Å²) in [5, 5.41) is 15.6. The van der Waals surface area contributed by atoms with Gasteiger partial charge in [0.1, 0.15) is 5.82 Å². The Labute approximate surface area is 78.6 Å². The summed E-state index contributed by atoms with van der Waals surface area (Å²) in [4.78, 5) is 0. The maximum Gasteiger partial charge on any atom is 0.250 e. The highest BCUT2D eigenvalue weighted by Gasteiger charge is 2.10. The molecular formula is C9H4FN3O. The molecular weight excluding hydrogens is 185 g/mol. The van der Waals surface area contributed by atoms with Crippen LogP contribution in [0.1, 0.15) is 5.56 Å². The predicted molar refractivity (Wildman–Crippen MR) is 44.4 cm³/mol. The smallest absolute Gasteiger partial charge is 0.250 e. The summed E-state index contributed by atoms with van der Waals surface area (Å²) >= 11 is 0. The lowest BCUT2D eigenvalue weighted by Crippen LogP contribution is -1.86. The molecule has 0 spiro atoms. The minimum atomic E-state index is -0.492. The van der Waals surface area contributed by atoms with E-state index in [0.29, 0.717) is 5.56 Å². The molecule has 1 aromatic carbocycles. The third-order valence-corrected chi connectivity index (χ3v) is 1.69. The number of benzene rings is 1. The van der Waals surface area contributed by atoms with Gasteiger partial charge in [0.05, 0.1) is 17.2 Å². The molecule has 0 saturated heterocycles. The van der Waals surface area contributed by atoms with E-state index >= 15 is 0 Å². The van der Waals surface area contributed by atoms with Crippen molar-refractivity contribution < 1.29 is 8.81 Å². The molecule has 0 aliphatic carbocycles. The summed E-state index contributed by atoms with van der Waals surface area (Å²) in [6.07, 6.45) is 1.10. The topological polar surface area (TPSA) is 62.7 Å². The first-order valence-electron chi connectivity index (χ1n) is 3.77. The van der Waals surface area contributed by atoms with Crippen LogP contribution in [0.4, 0.5) is 4.39 Å². The van der Waals surface area contributed by atoms with Crippen molar-refractivity contribution in [3.63, 3.8) is 0 Å². The zero-order valence-electron chi connectivity index (χ0n) is 6.94. The lowest BCUT2D eigenvalue weighted by Gasteiger charge is -1.96. The van der Waals surface area contributed by atoms with E-state index in [-0.39, 0.29) is 11.5 Å². The van der Waals surface area contributed by atoms with Crippen LogP contribution in [0, 0.1) is 17.1 Å². The highest BCUT2D eigenvalue weighted by atomic mass is 19.1. The van der Waals surface area contributed by atoms with Crippen molar-refractivity contribution >= 4 is 0 Å². The van der Waals surface area contributed by atoms with Gasteiger partial charge in [0.25, 0.3) is 0 Å². The SMILES string of the molecule is N#Cc1ccc(F)c(-c2nnco2)c1. The van der Waals surface area contributed by atoms with E-state index in [0.717, 1.165) is 6.39 Å². The average Bonchev–Trinajstić information content (AvgIpc) is 2.71. The fourth-order valence-electron chi connectivity index (χ4n) is 1.05. The summed E-state index contributed by atoms with van der Waals surface area (Å²) < 4.78 is 18.1. The minimum Gasteiger partial charge on any atom is -0.423 e. The van der Waals surface area contributed by atoms with Crippen LogP contribution in [-0.2, 0) is 0 Å². The number of nitrogens with zero attached hydrogens (tertiary/aromatic N) is 3. The van der Waals surface area contributed by atoms with Crippen molar-refractivity contribution in [2.75, 3.05) is 0 Å². The van der Waals surface area contributed by atoms with Crippen LogP contribution in [0.3, 0.4) is 0 Å². The van der Waals surface area contributed by atoms with Crippen LogP contribution in [0.5, 0.6) is 0 Å². The number of nitriles is 1. The summed E-state index contributed by atoms with van der Waals surface area (Å²) in [6.45, 7) is 0. The van der Waals surface area contributed by atoms with Gasteiger partial charge in [0.15, 0.2) is 0 Å². The van der Waals surface area contributed by atoms with E-state index in [2.05, 4.69) is 10.2 Å². The Bertz CT molecular complexity index is 487. The molecule has 0 saturated carbocycles. The second-order valence-corrected chi connectivity index (χ2v) is 2.55. The number of hydrogen-bond donors (Lipinski definition) is 0. The molecule has 0 aliphatic heterocycles. The molecule has 4 nitrogen and oxygen atoms in total. The van der Waals surface area contributed by atoms with Crippen LogP contribution in [-0.4, -0.2) is 10.2 Å². The molecule has 2 rings (SSSR count). The number of rotatable bonds is 1. The maximum absolute atomic E-state index is 13.2. The molecule has 68 valence electrons. The molecule has 0 fully saturated rings. The molecule has 1 heterocycles. The Balaban J connectivity index is 2.58. The third-order valence-electron chi connectivity index (χ3n) is 1.69. The lowest BCUT2D eigenvalue weighted by molar-refractivity contribution is 0.557. The molecule has 2 aromatic rings. The van der Waals surface area contributed by atoms with Gasteiger partial charge in [-0.15, -0.1) is 10.2 Å². The van der Waals surface area contributed by atoms with E-state index < -0.39 is 5.82 Å². The predicted octanol–water partition coefficient (Wildman–Crippen LogP) is 1.75. The van der Waals surface area contributed by atoms with Crippen LogP contribution >= 0.6 is 0 Å². The molecule has 14 heavy (non-hydrogen) atoms. The first-order valence-corrected chi connectivity index (χ1v) is 3.77. The van der Waals surface area contributed by atoms with E-state index in [4.69, 9.17) is 9.68 Å². The molecule has 0 atom stereocenters. The van der Waals surface area contributed by atoms with Crippen LogP contribution in [0.25, 0.3) is 11.5 Å². The quantitative estimate of drug-likeness (QED) is 0.685. The zero-order chi connectivity index (χ0) is 9.97. The van der Waals surface area contributed by atoms with E-state index in [9.17, 15) is 4.39 Å².